The lowest BCUT2D eigenvalue weighted by Gasteiger charge is -2.22. The van der Waals surface area contributed by atoms with E-state index < -0.39 is 0 Å². The van der Waals surface area contributed by atoms with Crippen LogP contribution in [0, 0.1) is 25.7 Å². The first-order valence-electron chi connectivity index (χ1n) is 8.06. The quantitative estimate of drug-likeness (QED) is 0.674. The van der Waals surface area contributed by atoms with Crippen molar-refractivity contribution in [1.82, 2.24) is 15.2 Å². The number of aromatic nitrogens is 1. The van der Waals surface area contributed by atoms with Crippen LogP contribution in [0.3, 0.4) is 0 Å². The van der Waals surface area contributed by atoms with Crippen LogP contribution in [0.25, 0.3) is 0 Å². The normalized spacial score (nSPS) is 26.0. The molecule has 0 bridgehead atoms. The molecule has 0 aromatic carbocycles. The third kappa shape index (κ3) is 3.23. The van der Waals surface area contributed by atoms with Gasteiger partial charge in [-0.25, -0.2) is 4.98 Å². The Bertz CT molecular complexity index is 489. The largest absolute Gasteiger partial charge is 0.350 e. The molecule has 2 fully saturated rings. The van der Waals surface area contributed by atoms with Crippen molar-refractivity contribution < 1.29 is 0 Å². The average molecular weight is 306 g/mol. The Hall–Kier alpha value is -1.10. The fraction of sp³-hybridized carbons (Fsp3) is 0.750. The number of likely N-dealkylation sites (tertiary alicyclic amines) is 1. The molecule has 1 saturated heterocycles. The van der Waals surface area contributed by atoms with Gasteiger partial charge in [-0.1, -0.05) is 12.8 Å². The van der Waals surface area contributed by atoms with Gasteiger partial charge in [-0.3, -0.25) is 4.99 Å². The highest BCUT2D eigenvalue weighted by molar-refractivity contribution is 7.11. The van der Waals surface area contributed by atoms with Gasteiger partial charge in [0.1, 0.15) is 5.01 Å². The van der Waals surface area contributed by atoms with Crippen LogP contribution in [0.1, 0.15) is 41.3 Å². The van der Waals surface area contributed by atoms with Gasteiger partial charge in [0.2, 0.25) is 0 Å². The zero-order valence-electron chi connectivity index (χ0n) is 13.4. The molecule has 2 aliphatic rings. The van der Waals surface area contributed by atoms with Crippen molar-refractivity contribution in [1.29, 1.82) is 0 Å². The fourth-order valence-electron chi connectivity index (χ4n) is 3.68. The molecule has 21 heavy (non-hydrogen) atoms. The first kappa shape index (κ1) is 14.8. The van der Waals surface area contributed by atoms with Crippen molar-refractivity contribution in [3.63, 3.8) is 0 Å². The van der Waals surface area contributed by atoms with E-state index >= 15 is 0 Å². The molecule has 0 spiro atoms. The Morgan fingerprint density at radius 2 is 1.95 bits per heavy atom. The van der Waals surface area contributed by atoms with E-state index in [0.717, 1.165) is 35.0 Å². The van der Waals surface area contributed by atoms with Gasteiger partial charge in [0.25, 0.3) is 0 Å². The summed E-state index contributed by atoms with van der Waals surface area (Å²) < 4.78 is 0. The second-order valence-electron chi connectivity index (χ2n) is 6.36. The first-order valence-corrected chi connectivity index (χ1v) is 8.87. The molecule has 4 nitrogen and oxygen atoms in total. The van der Waals surface area contributed by atoms with Gasteiger partial charge < -0.3 is 10.2 Å². The summed E-state index contributed by atoms with van der Waals surface area (Å²) in [5.41, 5.74) is 1.15. The lowest BCUT2D eigenvalue weighted by Crippen LogP contribution is -2.39. The van der Waals surface area contributed by atoms with E-state index in [2.05, 4.69) is 34.0 Å². The van der Waals surface area contributed by atoms with Crippen LogP contribution in [0.2, 0.25) is 0 Å². The molecule has 1 N–H and O–H groups in total. The van der Waals surface area contributed by atoms with Crippen LogP contribution in [-0.2, 0) is 6.54 Å². The second-order valence-corrected chi connectivity index (χ2v) is 7.65. The lowest BCUT2D eigenvalue weighted by molar-refractivity contribution is 0.299. The Morgan fingerprint density at radius 3 is 2.48 bits per heavy atom. The summed E-state index contributed by atoms with van der Waals surface area (Å²) in [5, 5.41) is 4.66. The molecule has 116 valence electrons. The number of guanidine groups is 1. The van der Waals surface area contributed by atoms with Crippen molar-refractivity contribution in [3.05, 3.63) is 15.6 Å². The van der Waals surface area contributed by atoms with E-state index in [1.165, 1.54) is 43.6 Å². The summed E-state index contributed by atoms with van der Waals surface area (Å²) in [5.74, 6) is 2.83. The highest BCUT2D eigenvalue weighted by Crippen LogP contribution is 2.35. The van der Waals surface area contributed by atoms with Crippen molar-refractivity contribution in [2.24, 2.45) is 16.8 Å². The van der Waals surface area contributed by atoms with Crippen LogP contribution >= 0.6 is 11.3 Å². The second kappa shape index (κ2) is 6.34. The van der Waals surface area contributed by atoms with Crippen LogP contribution in [0.5, 0.6) is 0 Å². The molecular weight excluding hydrogens is 280 g/mol. The molecule has 1 aliphatic carbocycles. The van der Waals surface area contributed by atoms with Crippen molar-refractivity contribution in [2.45, 2.75) is 46.1 Å². The summed E-state index contributed by atoms with van der Waals surface area (Å²) in [6.07, 6.45) is 5.64. The molecule has 1 aliphatic heterocycles. The number of nitrogens with one attached hydrogen (secondary N) is 1. The van der Waals surface area contributed by atoms with Gasteiger partial charge in [-0.15, -0.1) is 11.3 Å². The molecule has 2 heterocycles. The summed E-state index contributed by atoms with van der Waals surface area (Å²) in [6.45, 7) is 7.37. The van der Waals surface area contributed by atoms with Gasteiger partial charge >= 0.3 is 0 Å². The molecule has 2 unspecified atom stereocenters. The molecule has 5 heteroatoms. The molecule has 1 aromatic heterocycles. The average Bonchev–Trinajstić information content (AvgIpc) is 3.03. The van der Waals surface area contributed by atoms with E-state index in [1.54, 1.807) is 11.3 Å². The van der Waals surface area contributed by atoms with Crippen molar-refractivity contribution in [3.8, 4) is 0 Å². The molecule has 3 rings (SSSR count). The molecule has 0 radical (unpaired) electrons. The lowest BCUT2D eigenvalue weighted by atomic mass is 9.82. The zero-order chi connectivity index (χ0) is 14.8. The summed E-state index contributed by atoms with van der Waals surface area (Å²) in [7, 11) is 1.89. The van der Waals surface area contributed by atoms with E-state index in [9.17, 15) is 0 Å². The standard InChI is InChI=1S/C16H26N4S/c1-11-12(2)21-15(19-11)8-18-16(17-3)20-9-13-6-4-5-7-14(13)10-20/h13-14H,4-10H2,1-3H3,(H,17,18). The number of rotatable bonds is 2. The van der Waals surface area contributed by atoms with Gasteiger partial charge in [0, 0.05) is 25.0 Å². The van der Waals surface area contributed by atoms with E-state index in [1.807, 2.05) is 7.05 Å². The molecule has 2 atom stereocenters. The topological polar surface area (TPSA) is 40.5 Å². The Kier molecular flexibility index (Phi) is 4.48. The Balaban J connectivity index is 1.58. The van der Waals surface area contributed by atoms with Crippen LogP contribution < -0.4 is 5.32 Å². The van der Waals surface area contributed by atoms with Crippen molar-refractivity contribution in [2.75, 3.05) is 20.1 Å². The smallest absolute Gasteiger partial charge is 0.194 e. The highest BCUT2D eigenvalue weighted by atomic mass is 32.1. The third-order valence-electron chi connectivity index (χ3n) is 4.96. The maximum absolute atomic E-state index is 4.60. The number of aliphatic imine (C=N–C) groups is 1. The first-order chi connectivity index (χ1) is 10.2. The highest BCUT2D eigenvalue weighted by Gasteiger charge is 2.35. The SMILES string of the molecule is CN=C(NCc1nc(C)c(C)s1)N1CC2CCCCC2C1. The molecule has 1 saturated carbocycles. The van der Waals surface area contributed by atoms with Gasteiger partial charge in [0.05, 0.1) is 12.2 Å². The maximum atomic E-state index is 4.60. The summed E-state index contributed by atoms with van der Waals surface area (Å²) in [4.78, 5) is 12.8. The number of hydrogen-bond acceptors (Lipinski definition) is 3. The number of thiazole rings is 1. The minimum atomic E-state index is 0.790. The number of aryl methyl sites for hydroxylation is 2. The Labute approximate surface area is 131 Å². The monoisotopic (exact) mass is 306 g/mol. The fourth-order valence-corrected chi connectivity index (χ4v) is 4.55. The van der Waals surface area contributed by atoms with Crippen LogP contribution in [0.15, 0.2) is 4.99 Å². The molecule has 0 amide bonds. The van der Waals surface area contributed by atoms with E-state index in [-0.39, 0.29) is 0 Å². The van der Waals surface area contributed by atoms with Gasteiger partial charge in [0.15, 0.2) is 5.96 Å². The maximum Gasteiger partial charge on any atom is 0.194 e. The predicted molar refractivity (Wildman–Crippen MR) is 88.8 cm³/mol. The van der Waals surface area contributed by atoms with Crippen LogP contribution in [0.4, 0.5) is 0 Å². The van der Waals surface area contributed by atoms with Crippen LogP contribution in [-0.4, -0.2) is 36.0 Å². The summed E-state index contributed by atoms with van der Waals surface area (Å²) in [6, 6.07) is 0. The molecular formula is C16H26N4S. The number of fused-ring (bicyclic) bond motifs is 1. The number of hydrogen-bond donors (Lipinski definition) is 1. The van der Waals surface area contributed by atoms with E-state index in [0.29, 0.717) is 0 Å². The van der Waals surface area contributed by atoms with Crippen molar-refractivity contribution >= 4 is 17.3 Å². The van der Waals surface area contributed by atoms with Gasteiger partial charge in [-0.2, -0.15) is 0 Å². The number of nitrogens with zero attached hydrogens (tertiary/aromatic N) is 3. The minimum absolute atomic E-state index is 0.790. The predicted octanol–water partition coefficient (Wildman–Crippen LogP) is 2.96. The third-order valence-corrected chi connectivity index (χ3v) is 6.03. The Morgan fingerprint density at radius 1 is 1.29 bits per heavy atom. The zero-order valence-corrected chi connectivity index (χ0v) is 14.2. The molecule has 1 aromatic rings. The summed E-state index contributed by atoms with van der Waals surface area (Å²) >= 11 is 1.78. The minimum Gasteiger partial charge on any atom is -0.350 e. The van der Waals surface area contributed by atoms with Gasteiger partial charge in [-0.05, 0) is 38.5 Å². The van der Waals surface area contributed by atoms with E-state index in [4.69, 9.17) is 0 Å².